The van der Waals surface area contributed by atoms with Crippen LogP contribution in [0.2, 0.25) is 0 Å². The first-order valence-electron chi connectivity index (χ1n) is 7.02. The largest absolute Gasteiger partial charge is 0.651 e. The van der Waals surface area contributed by atoms with Crippen LogP contribution in [0.25, 0.3) is 0 Å². The predicted octanol–water partition coefficient (Wildman–Crippen LogP) is 2.40. The Hall–Kier alpha value is -0.0951. The van der Waals surface area contributed by atoms with Gasteiger partial charge in [-0.15, -0.1) is 0 Å². The van der Waals surface area contributed by atoms with Gasteiger partial charge in [-0.05, 0) is 6.42 Å². The molecule has 0 spiro atoms. The Bertz CT molecular complexity index is 148. The first-order valence-corrected chi connectivity index (χ1v) is 7.02. The van der Waals surface area contributed by atoms with E-state index in [4.69, 9.17) is 10.0 Å². The van der Waals surface area contributed by atoms with Gasteiger partial charge in [0.1, 0.15) is 0 Å². The van der Waals surface area contributed by atoms with Crippen LogP contribution in [-0.2, 0) is 4.76 Å². The first kappa shape index (κ1) is 16.9. The Morgan fingerprint density at radius 1 is 0.824 bits per heavy atom. The predicted molar refractivity (Wildman–Crippen MR) is 71.1 cm³/mol. The van der Waals surface area contributed by atoms with Gasteiger partial charge in [-0.25, -0.2) is 5.48 Å². The highest BCUT2D eigenvalue weighted by Crippen LogP contribution is 2.10. The molecule has 0 aromatic carbocycles. The van der Waals surface area contributed by atoms with Crippen molar-refractivity contribution in [2.45, 2.75) is 71.1 Å². The van der Waals surface area contributed by atoms with E-state index in [-0.39, 0.29) is 0 Å². The highest BCUT2D eigenvalue weighted by Gasteiger charge is 2.06. The van der Waals surface area contributed by atoms with Gasteiger partial charge in [-0.1, -0.05) is 64.7 Å². The van der Waals surface area contributed by atoms with E-state index in [0.29, 0.717) is 6.54 Å². The number of hydrogen-bond acceptors (Lipinski definition) is 4. The highest BCUT2D eigenvalue weighted by molar-refractivity contribution is 6.32. The van der Waals surface area contributed by atoms with Crippen molar-refractivity contribution in [2.75, 3.05) is 6.54 Å². The zero-order valence-electron chi connectivity index (χ0n) is 11.2. The fraction of sp³-hybridized carbons (Fsp3) is 1.00. The molecule has 0 atom stereocenters. The maximum absolute atomic E-state index is 8.38. The summed E-state index contributed by atoms with van der Waals surface area (Å²) in [6.07, 6.45) is 13.0. The summed E-state index contributed by atoms with van der Waals surface area (Å²) in [5.74, 6) is 0. The normalized spacial score (nSPS) is 10.8. The van der Waals surface area contributed by atoms with Crippen LogP contribution in [0.3, 0.4) is 0 Å². The monoisotopic (exact) mass is 245 g/mol. The van der Waals surface area contributed by atoms with Gasteiger partial charge in [-0.2, -0.15) is 0 Å². The van der Waals surface area contributed by atoms with E-state index >= 15 is 0 Å². The molecule has 102 valence electrons. The second-order valence-corrected chi connectivity index (χ2v) is 4.52. The van der Waals surface area contributed by atoms with Crippen LogP contribution in [0, 0.1) is 0 Å². The molecular formula is C12H28BNO3. The maximum atomic E-state index is 8.38. The average molecular weight is 245 g/mol. The third-order valence-electron chi connectivity index (χ3n) is 2.82. The van der Waals surface area contributed by atoms with Crippen LogP contribution in [-0.4, -0.2) is 23.9 Å². The van der Waals surface area contributed by atoms with E-state index in [1.807, 2.05) is 0 Å². The Morgan fingerprint density at radius 2 is 1.29 bits per heavy atom. The van der Waals surface area contributed by atoms with Gasteiger partial charge < -0.3 is 14.8 Å². The lowest BCUT2D eigenvalue weighted by Gasteiger charge is -2.04. The fourth-order valence-electron chi connectivity index (χ4n) is 1.82. The zero-order chi connectivity index (χ0) is 12.8. The number of hydroxylamine groups is 1. The Morgan fingerprint density at radius 3 is 1.76 bits per heavy atom. The molecule has 3 N–H and O–H groups in total. The van der Waals surface area contributed by atoms with Gasteiger partial charge in [-0.3, -0.25) is 0 Å². The molecule has 0 unspecified atom stereocenters. The Balaban J connectivity index is 2.89. The van der Waals surface area contributed by atoms with Gasteiger partial charge in [0.25, 0.3) is 0 Å². The summed E-state index contributed by atoms with van der Waals surface area (Å²) < 4.78 is 4.39. The molecule has 5 heteroatoms. The third-order valence-corrected chi connectivity index (χ3v) is 2.82. The quantitative estimate of drug-likeness (QED) is 0.265. The third kappa shape index (κ3) is 15.9. The molecule has 0 saturated carbocycles. The van der Waals surface area contributed by atoms with Gasteiger partial charge in [0.15, 0.2) is 0 Å². The van der Waals surface area contributed by atoms with E-state index in [0.717, 1.165) is 6.42 Å². The minimum absolute atomic E-state index is 0.675. The Kier molecular flexibility index (Phi) is 13.9. The summed E-state index contributed by atoms with van der Waals surface area (Å²) in [5, 5.41) is 16.8. The van der Waals surface area contributed by atoms with Crippen LogP contribution in [0.5, 0.6) is 0 Å². The number of hydrogen-bond donors (Lipinski definition) is 3. The molecule has 0 heterocycles. The number of rotatable bonds is 13. The molecule has 0 aliphatic carbocycles. The lowest BCUT2D eigenvalue weighted by Crippen LogP contribution is -2.28. The smallest absolute Gasteiger partial charge is 0.401 e. The second kappa shape index (κ2) is 14.0. The molecule has 0 aromatic rings. The van der Waals surface area contributed by atoms with Crippen LogP contribution >= 0.6 is 0 Å². The summed E-state index contributed by atoms with van der Waals surface area (Å²) in [5.41, 5.74) is 2.51. The highest BCUT2D eigenvalue weighted by atomic mass is 16.7. The number of unbranched alkanes of at least 4 members (excludes halogenated alkanes) is 9. The molecule has 0 aromatic heterocycles. The summed E-state index contributed by atoms with van der Waals surface area (Å²) in [4.78, 5) is 0. The van der Waals surface area contributed by atoms with Crippen molar-refractivity contribution in [3.63, 3.8) is 0 Å². The molecule has 0 aliphatic rings. The van der Waals surface area contributed by atoms with Crippen molar-refractivity contribution in [2.24, 2.45) is 0 Å². The van der Waals surface area contributed by atoms with Crippen molar-refractivity contribution in [1.82, 2.24) is 5.48 Å². The lowest BCUT2D eigenvalue weighted by molar-refractivity contribution is 0.108. The molecule has 17 heavy (non-hydrogen) atoms. The fourth-order valence-corrected chi connectivity index (χ4v) is 1.82. The first-order chi connectivity index (χ1) is 8.27. The SMILES string of the molecule is CCCCCCCCCCCCNOB(O)O. The standard InChI is InChI=1S/C12H28BNO3/c1-2-3-4-5-6-7-8-9-10-11-12-14-17-13(15)16/h14-16H,2-12H2,1H3. The lowest BCUT2D eigenvalue weighted by atomic mass is 10.1. The van der Waals surface area contributed by atoms with Gasteiger partial charge in [0, 0.05) is 6.54 Å². The summed E-state index contributed by atoms with van der Waals surface area (Å²) in [6.45, 7) is 2.92. The van der Waals surface area contributed by atoms with E-state index < -0.39 is 7.32 Å². The second-order valence-electron chi connectivity index (χ2n) is 4.52. The van der Waals surface area contributed by atoms with Crippen molar-refractivity contribution in [3.05, 3.63) is 0 Å². The topological polar surface area (TPSA) is 61.7 Å². The van der Waals surface area contributed by atoms with Gasteiger partial charge >= 0.3 is 7.32 Å². The summed E-state index contributed by atoms with van der Waals surface area (Å²) >= 11 is 0. The Labute approximate surface area is 106 Å². The zero-order valence-corrected chi connectivity index (χ0v) is 11.2. The van der Waals surface area contributed by atoms with Gasteiger partial charge in [0.05, 0.1) is 0 Å². The molecule has 0 aliphatic heterocycles. The molecule has 0 fully saturated rings. The molecule has 0 saturated heterocycles. The van der Waals surface area contributed by atoms with E-state index in [9.17, 15) is 0 Å². The minimum Gasteiger partial charge on any atom is -0.401 e. The maximum Gasteiger partial charge on any atom is 0.651 e. The molecule has 0 rings (SSSR count). The van der Waals surface area contributed by atoms with Crippen LogP contribution in [0.4, 0.5) is 0 Å². The summed E-state index contributed by atoms with van der Waals surface area (Å²) in [6, 6.07) is 0. The minimum atomic E-state index is -1.71. The molecule has 0 bridgehead atoms. The van der Waals surface area contributed by atoms with E-state index in [1.54, 1.807) is 0 Å². The number of nitrogens with one attached hydrogen (secondary N) is 1. The molecule has 0 radical (unpaired) electrons. The van der Waals surface area contributed by atoms with E-state index in [1.165, 1.54) is 57.8 Å². The average Bonchev–Trinajstić information content (AvgIpc) is 2.30. The molecule has 4 nitrogen and oxygen atoms in total. The van der Waals surface area contributed by atoms with Gasteiger partial charge in [0.2, 0.25) is 0 Å². The van der Waals surface area contributed by atoms with E-state index in [2.05, 4.69) is 17.2 Å². The van der Waals surface area contributed by atoms with Crippen LogP contribution in [0.15, 0.2) is 0 Å². The van der Waals surface area contributed by atoms with Crippen LogP contribution in [0.1, 0.15) is 71.1 Å². The van der Waals surface area contributed by atoms with Crippen LogP contribution < -0.4 is 5.48 Å². The molecule has 0 amide bonds. The van der Waals surface area contributed by atoms with Crippen molar-refractivity contribution >= 4 is 7.32 Å². The van der Waals surface area contributed by atoms with Crippen molar-refractivity contribution in [3.8, 4) is 0 Å². The summed E-state index contributed by atoms with van der Waals surface area (Å²) in [7, 11) is -1.71. The molecular weight excluding hydrogens is 217 g/mol. The van der Waals surface area contributed by atoms with Crippen molar-refractivity contribution < 1.29 is 14.8 Å². The van der Waals surface area contributed by atoms with Crippen molar-refractivity contribution in [1.29, 1.82) is 0 Å².